The Hall–Kier alpha value is -2.78. The molecule has 2 aromatic carbocycles. The number of hydrogen-bond donors (Lipinski definition) is 3. The van der Waals surface area contributed by atoms with Gasteiger partial charge >= 0.3 is 5.97 Å². The summed E-state index contributed by atoms with van der Waals surface area (Å²) in [6, 6.07) is 15.6. The molecule has 2 aromatic rings. The number of ether oxygens (including phenoxy) is 2. The summed E-state index contributed by atoms with van der Waals surface area (Å²) >= 11 is 0. The number of carbonyl (C=O) groups is 2. The normalized spacial score (nSPS) is 22.0. The molecule has 1 amide bonds. The fourth-order valence-corrected chi connectivity index (χ4v) is 5.72. The fourth-order valence-electron chi connectivity index (χ4n) is 5.72. The van der Waals surface area contributed by atoms with Crippen LogP contribution in [0.5, 0.6) is 0 Å². The molecule has 224 valence electrons. The summed E-state index contributed by atoms with van der Waals surface area (Å²) in [5.41, 5.74) is 3.52. The SMILES string of the molecule is O=C(O)CCCCCCC(=O)Nc1cccc([C@H]2O[C@@H](CN3CCCCCCC3)C[C@@H](c3ccc(CO)cc3)O2)c1. The minimum atomic E-state index is -0.775. The average Bonchev–Trinajstić information content (AvgIpc) is 2.96. The maximum Gasteiger partial charge on any atom is 0.303 e. The number of carboxylic acids is 1. The number of aliphatic hydroxyl groups is 1. The van der Waals surface area contributed by atoms with Gasteiger partial charge in [-0.05, 0) is 62.0 Å². The molecule has 8 nitrogen and oxygen atoms in total. The molecule has 0 spiro atoms. The summed E-state index contributed by atoms with van der Waals surface area (Å²) in [4.78, 5) is 25.7. The van der Waals surface area contributed by atoms with Gasteiger partial charge in [0.05, 0.1) is 18.8 Å². The first-order chi connectivity index (χ1) is 20.0. The number of nitrogens with zero attached hydrogens (tertiary/aromatic N) is 1. The number of benzene rings is 2. The van der Waals surface area contributed by atoms with Gasteiger partial charge in [0, 0.05) is 37.1 Å². The number of rotatable bonds is 13. The van der Waals surface area contributed by atoms with Crippen LogP contribution in [-0.2, 0) is 25.7 Å². The lowest BCUT2D eigenvalue weighted by Crippen LogP contribution is -2.40. The molecule has 0 aliphatic carbocycles. The predicted octanol–water partition coefficient (Wildman–Crippen LogP) is 6.35. The second-order valence-corrected chi connectivity index (χ2v) is 11.4. The third kappa shape index (κ3) is 10.5. The molecule has 2 aliphatic rings. The Balaban J connectivity index is 1.40. The molecule has 8 heteroatoms. The Morgan fingerprint density at radius 1 is 0.854 bits per heavy atom. The monoisotopic (exact) mass is 566 g/mol. The van der Waals surface area contributed by atoms with E-state index >= 15 is 0 Å². The van der Waals surface area contributed by atoms with Crippen LogP contribution in [0.2, 0.25) is 0 Å². The van der Waals surface area contributed by atoms with Gasteiger partial charge in [0.2, 0.25) is 5.91 Å². The van der Waals surface area contributed by atoms with Gasteiger partial charge in [-0.25, -0.2) is 0 Å². The first-order valence-corrected chi connectivity index (χ1v) is 15.3. The molecule has 41 heavy (non-hydrogen) atoms. The highest BCUT2D eigenvalue weighted by Gasteiger charge is 2.33. The highest BCUT2D eigenvalue weighted by atomic mass is 16.7. The number of aliphatic carboxylic acids is 1. The molecular formula is C33H46N2O6. The van der Waals surface area contributed by atoms with Crippen LogP contribution in [0.15, 0.2) is 48.5 Å². The van der Waals surface area contributed by atoms with E-state index in [4.69, 9.17) is 14.6 Å². The van der Waals surface area contributed by atoms with E-state index in [1.165, 1.54) is 32.1 Å². The van der Waals surface area contributed by atoms with Crippen molar-refractivity contribution in [2.45, 2.75) is 102 Å². The largest absolute Gasteiger partial charge is 0.481 e. The van der Waals surface area contributed by atoms with Gasteiger partial charge < -0.3 is 29.9 Å². The van der Waals surface area contributed by atoms with Crippen LogP contribution in [0.4, 0.5) is 5.69 Å². The van der Waals surface area contributed by atoms with Crippen molar-refractivity contribution >= 4 is 17.6 Å². The number of likely N-dealkylation sites (tertiary alicyclic amines) is 1. The van der Waals surface area contributed by atoms with E-state index in [0.29, 0.717) is 18.5 Å². The van der Waals surface area contributed by atoms with E-state index in [-0.39, 0.29) is 31.1 Å². The molecule has 0 radical (unpaired) electrons. The summed E-state index contributed by atoms with van der Waals surface area (Å²) in [5, 5.41) is 21.2. The highest BCUT2D eigenvalue weighted by molar-refractivity contribution is 5.90. The number of amides is 1. The number of carboxylic acid groups (broad SMARTS) is 1. The zero-order valence-electron chi connectivity index (χ0n) is 24.1. The highest BCUT2D eigenvalue weighted by Crippen LogP contribution is 2.38. The quantitative estimate of drug-likeness (QED) is 0.242. The third-order valence-corrected chi connectivity index (χ3v) is 8.01. The van der Waals surface area contributed by atoms with Gasteiger partial charge in [0.25, 0.3) is 0 Å². The maximum absolute atomic E-state index is 12.6. The van der Waals surface area contributed by atoms with Crippen molar-refractivity contribution in [3.05, 3.63) is 65.2 Å². The molecule has 3 N–H and O–H groups in total. The number of anilines is 1. The molecule has 3 atom stereocenters. The average molecular weight is 567 g/mol. The Bertz CT molecular complexity index is 1080. The second-order valence-electron chi connectivity index (χ2n) is 11.4. The van der Waals surface area contributed by atoms with Crippen LogP contribution in [0.3, 0.4) is 0 Å². The molecule has 0 bridgehead atoms. The minimum absolute atomic E-state index is 0.00932. The number of carbonyl (C=O) groups excluding carboxylic acids is 1. The standard InChI is InChI=1S/C33H46N2O6/c36-24-25-15-17-26(18-16-25)30-22-29(23-35-19-8-4-1-5-9-20-35)40-33(41-30)27-11-10-12-28(21-27)34-31(37)13-6-2-3-7-14-32(38)39/h10-12,15-18,21,29-30,33,36H,1-9,13-14,19-20,22-24H2,(H,34,37)(H,38,39)/t29-,30+,33+/m1/s1. The van der Waals surface area contributed by atoms with Crippen LogP contribution >= 0.6 is 0 Å². The molecule has 2 heterocycles. The molecule has 2 saturated heterocycles. The Labute approximate surface area is 244 Å². The van der Waals surface area contributed by atoms with E-state index < -0.39 is 12.3 Å². The topological polar surface area (TPSA) is 108 Å². The Morgan fingerprint density at radius 2 is 1.56 bits per heavy atom. The summed E-state index contributed by atoms with van der Waals surface area (Å²) in [5.74, 6) is -0.828. The first kappa shape index (κ1) is 31.2. The van der Waals surface area contributed by atoms with Crippen molar-refractivity contribution in [1.29, 1.82) is 0 Å². The van der Waals surface area contributed by atoms with E-state index in [9.17, 15) is 14.7 Å². The smallest absolute Gasteiger partial charge is 0.303 e. The van der Waals surface area contributed by atoms with Crippen LogP contribution in [0.25, 0.3) is 0 Å². The molecular weight excluding hydrogens is 520 g/mol. The van der Waals surface area contributed by atoms with Crippen LogP contribution < -0.4 is 5.32 Å². The number of aliphatic hydroxyl groups excluding tert-OH is 1. The van der Waals surface area contributed by atoms with Crippen molar-refractivity contribution in [2.75, 3.05) is 25.0 Å². The van der Waals surface area contributed by atoms with Crippen molar-refractivity contribution in [3.63, 3.8) is 0 Å². The lowest BCUT2D eigenvalue weighted by Gasteiger charge is -2.39. The van der Waals surface area contributed by atoms with Gasteiger partial charge in [-0.15, -0.1) is 0 Å². The Kier molecular flexibility index (Phi) is 12.6. The maximum atomic E-state index is 12.6. The van der Waals surface area contributed by atoms with Crippen molar-refractivity contribution in [2.24, 2.45) is 0 Å². The van der Waals surface area contributed by atoms with Crippen molar-refractivity contribution < 1.29 is 29.3 Å². The molecule has 2 aliphatic heterocycles. The molecule has 4 rings (SSSR count). The number of hydrogen-bond acceptors (Lipinski definition) is 6. The summed E-state index contributed by atoms with van der Waals surface area (Å²) in [7, 11) is 0. The van der Waals surface area contributed by atoms with Crippen LogP contribution in [0.1, 0.15) is 106 Å². The summed E-state index contributed by atoms with van der Waals surface area (Å²) in [6.07, 6.45) is 10.0. The Morgan fingerprint density at radius 3 is 2.27 bits per heavy atom. The molecule has 0 unspecified atom stereocenters. The van der Waals surface area contributed by atoms with Crippen molar-refractivity contribution in [3.8, 4) is 0 Å². The van der Waals surface area contributed by atoms with Gasteiger partial charge in [0.15, 0.2) is 6.29 Å². The van der Waals surface area contributed by atoms with Gasteiger partial charge in [-0.2, -0.15) is 0 Å². The lowest BCUT2D eigenvalue weighted by molar-refractivity contribution is -0.253. The predicted molar refractivity (Wildman–Crippen MR) is 158 cm³/mol. The van der Waals surface area contributed by atoms with E-state index in [0.717, 1.165) is 62.0 Å². The second kappa shape index (κ2) is 16.6. The first-order valence-electron chi connectivity index (χ1n) is 15.3. The molecule has 2 fully saturated rings. The van der Waals surface area contributed by atoms with E-state index in [1.807, 2.05) is 48.5 Å². The van der Waals surface area contributed by atoms with Crippen LogP contribution in [-0.4, -0.2) is 52.7 Å². The summed E-state index contributed by atoms with van der Waals surface area (Å²) < 4.78 is 13.1. The van der Waals surface area contributed by atoms with Crippen molar-refractivity contribution in [1.82, 2.24) is 4.90 Å². The zero-order valence-corrected chi connectivity index (χ0v) is 24.1. The minimum Gasteiger partial charge on any atom is -0.481 e. The van der Waals surface area contributed by atoms with Crippen LogP contribution in [0, 0.1) is 0 Å². The van der Waals surface area contributed by atoms with Gasteiger partial charge in [-0.1, -0.05) is 68.5 Å². The van der Waals surface area contributed by atoms with Gasteiger partial charge in [0.1, 0.15) is 0 Å². The zero-order chi connectivity index (χ0) is 28.9. The molecule has 0 aromatic heterocycles. The van der Waals surface area contributed by atoms with Gasteiger partial charge in [-0.3, -0.25) is 9.59 Å². The fraction of sp³-hybridized carbons (Fsp3) is 0.576. The lowest BCUT2D eigenvalue weighted by atomic mass is 9.99. The summed E-state index contributed by atoms with van der Waals surface area (Å²) in [6.45, 7) is 3.08. The van der Waals surface area contributed by atoms with E-state index in [1.54, 1.807) is 0 Å². The third-order valence-electron chi connectivity index (χ3n) is 8.01. The molecule has 0 saturated carbocycles. The number of unbranched alkanes of at least 4 members (excludes halogenated alkanes) is 3. The van der Waals surface area contributed by atoms with E-state index in [2.05, 4.69) is 10.2 Å². The number of nitrogens with one attached hydrogen (secondary N) is 1.